The summed E-state index contributed by atoms with van der Waals surface area (Å²) >= 11 is 0. The number of carbonyl (C=O) groups excluding carboxylic acids is 1. The summed E-state index contributed by atoms with van der Waals surface area (Å²) in [6.45, 7) is 1.89. The van der Waals surface area contributed by atoms with Gasteiger partial charge >= 0.3 is 0 Å². The number of methoxy groups -OCH3 is 2. The minimum absolute atomic E-state index is 0.131. The summed E-state index contributed by atoms with van der Waals surface area (Å²) in [7, 11) is 3.06. The third-order valence-electron chi connectivity index (χ3n) is 4.22. The number of aromatic amines is 1. The maximum Gasteiger partial charge on any atom is 0.255 e. The summed E-state index contributed by atoms with van der Waals surface area (Å²) in [5.41, 5.74) is 2.02. The van der Waals surface area contributed by atoms with Crippen molar-refractivity contribution in [1.29, 1.82) is 0 Å². The Morgan fingerprint density at radius 2 is 1.82 bits per heavy atom. The first-order valence-corrected chi connectivity index (χ1v) is 8.53. The lowest BCUT2D eigenvalue weighted by molar-refractivity contribution is 0.102. The van der Waals surface area contributed by atoms with Crippen molar-refractivity contribution in [2.24, 2.45) is 0 Å². The van der Waals surface area contributed by atoms with E-state index in [1.807, 2.05) is 6.92 Å². The summed E-state index contributed by atoms with van der Waals surface area (Å²) in [5, 5.41) is 9.88. The molecule has 28 heavy (non-hydrogen) atoms. The zero-order valence-corrected chi connectivity index (χ0v) is 15.6. The number of amides is 1. The quantitative estimate of drug-likeness (QED) is 0.665. The van der Waals surface area contributed by atoms with Crippen LogP contribution in [0.1, 0.15) is 23.0 Å². The van der Waals surface area contributed by atoms with Crippen molar-refractivity contribution in [3.05, 3.63) is 59.3 Å². The molecule has 3 rings (SSSR count). The third-order valence-corrected chi connectivity index (χ3v) is 4.22. The van der Waals surface area contributed by atoms with Gasteiger partial charge in [0.1, 0.15) is 28.8 Å². The molecule has 0 aliphatic rings. The lowest BCUT2D eigenvalue weighted by Crippen LogP contribution is -2.14. The molecule has 146 valence electrons. The van der Waals surface area contributed by atoms with E-state index in [-0.39, 0.29) is 5.56 Å². The number of nitrogens with zero attached hydrogens (tertiary/aromatic N) is 1. The third kappa shape index (κ3) is 3.80. The fraction of sp³-hybridized carbons (Fsp3) is 0.200. The maximum absolute atomic E-state index is 13.5. The SMILES string of the molecule is CCc1[nH]nc(-c2ccc(OC)cc2OC)c1NC(=O)c1cc(F)cc(F)c1. The Labute approximate surface area is 160 Å². The van der Waals surface area contributed by atoms with Crippen molar-refractivity contribution in [1.82, 2.24) is 10.2 Å². The topological polar surface area (TPSA) is 76.2 Å². The standard InChI is InChI=1S/C20H19F2N3O3/c1-4-16-19(23-20(26)11-7-12(21)9-13(22)8-11)18(25-24-16)15-6-5-14(27-2)10-17(15)28-3/h5-10H,4H2,1-3H3,(H,23,26)(H,24,25). The van der Waals surface area contributed by atoms with Gasteiger partial charge < -0.3 is 14.8 Å². The molecule has 0 aliphatic heterocycles. The van der Waals surface area contributed by atoms with Crippen LogP contribution in [0.15, 0.2) is 36.4 Å². The van der Waals surface area contributed by atoms with E-state index >= 15 is 0 Å². The van der Waals surface area contributed by atoms with Gasteiger partial charge in [-0.1, -0.05) is 6.92 Å². The van der Waals surface area contributed by atoms with E-state index in [9.17, 15) is 13.6 Å². The van der Waals surface area contributed by atoms with Gasteiger partial charge in [-0.2, -0.15) is 5.10 Å². The fourth-order valence-corrected chi connectivity index (χ4v) is 2.83. The van der Waals surface area contributed by atoms with E-state index in [2.05, 4.69) is 15.5 Å². The zero-order chi connectivity index (χ0) is 20.3. The number of ether oxygens (including phenoxy) is 2. The molecule has 0 spiro atoms. The summed E-state index contributed by atoms with van der Waals surface area (Å²) in [4.78, 5) is 12.6. The summed E-state index contributed by atoms with van der Waals surface area (Å²) in [6.07, 6.45) is 0.554. The van der Waals surface area contributed by atoms with Crippen molar-refractivity contribution in [2.75, 3.05) is 19.5 Å². The van der Waals surface area contributed by atoms with Crippen molar-refractivity contribution in [3.63, 3.8) is 0 Å². The van der Waals surface area contributed by atoms with Crippen LogP contribution in [0.3, 0.4) is 0 Å². The molecule has 2 N–H and O–H groups in total. The van der Waals surface area contributed by atoms with Crippen LogP contribution in [0.5, 0.6) is 11.5 Å². The summed E-state index contributed by atoms with van der Waals surface area (Å²) in [6, 6.07) is 7.84. The van der Waals surface area contributed by atoms with Crippen molar-refractivity contribution < 1.29 is 23.0 Å². The Kier molecular flexibility index (Phi) is 5.58. The molecular weight excluding hydrogens is 368 g/mol. The Hall–Kier alpha value is -3.42. The first-order valence-electron chi connectivity index (χ1n) is 8.53. The monoisotopic (exact) mass is 387 g/mol. The number of nitrogens with one attached hydrogen (secondary N) is 2. The van der Waals surface area contributed by atoms with Gasteiger partial charge in [-0.3, -0.25) is 9.89 Å². The van der Waals surface area contributed by atoms with Crippen LogP contribution in [-0.2, 0) is 6.42 Å². The summed E-state index contributed by atoms with van der Waals surface area (Å²) < 4.78 is 37.5. The molecule has 1 heterocycles. The zero-order valence-electron chi connectivity index (χ0n) is 15.6. The highest BCUT2D eigenvalue weighted by Gasteiger charge is 2.21. The number of anilines is 1. The molecule has 0 fully saturated rings. The second-order valence-corrected chi connectivity index (χ2v) is 5.96. The highest BCUT2D eigenvalue weighted by atomic mass is 19.1. The van der Waals surface area contributed by atoms with Gasteiger partial charge in [-0.15, -0.1) is 0 Å². The normalized spacial score (nSPS) is 10.6. The number of hydrogen-bond donors (Lipinski definition) is 2. The molecule has 0 aliphatic carbocycles. The average Bonchev–Trinajstić information content (AvgIpc) is 3.08. The van der Waals surface area contributed by atoms with Gasteiger partial charge in [-0.25, -0.2) is 8.78 Å². The number of carbonyl (C=O) groups is 1. The summed E-state index contributed by atoms with van der Waals surface area (Å²) in [5.74, 6) is -1.20. The second-order valence-electron chi connectivity index (χ2n) is 5.96. The number of benzene rings is 2. The van der Waals surface area contributed by atoms with E-state index in [0.717, 1.165) is 12.1 Å². The fourth-order valence-electron chi connectivity index (χ4n) is 2.83. The molecule has 1 aromatic heterocycles. The van der Waals surface area contributed by atoms with E-state index in [1.165, 1.54) is 7.11 Å². The molecule has 8 heteroatoms. The number of aromatic nitrogens is 2. The van der Waals surface area contributed by atoms with Crippen molar-refractivity contribution in [3.8, 4) is 22.8 Å². The van der Waals surface area contributed by atoms with Crippen LogP contribution < -0.4 is 14.8 Å². The first kappa shape index (κ1) is 19.3. The van der Waals surface area contributed by atoms with Crippen LogP contribution in [0, 0.1) is 11.6 Å². The van der Waals surface area contributed by atoms with Crippen molar-refractivity contribution >= 4 is 11.6 Å². The van der Waals surface area contributed by atoms with E-state index in [1.54, 1.807) is 25.3 Å². The van der Waals surface area contributed by atoms with Gasteiger partial charge in [0.05, 0.1) is 25.6 Å². The van der Waals surface area contributed by atoms with Gasteiger partial charge in [0.15, 0.2) is 0 Å². The first-order chi connectivity index (χ1) is 13.5. The molecule has 0 saturated carbocycles. The minimum Gasteiger partial charge on any atom is -0.497 e. The highest BCUT2D eigenvalue weighted by molar-refractivity contribution is 6.06. The predicted octanol–water partition coefficient (Wildman–Crippen LogP) is 4.19. The largest absolute Gasteiger partial charge is 0.497 e. The number of hydrogen-bond acceptors (Lipinski definition) is 4. The van der Waals surface area contributed by atoms with Crippen LogP contribution >= 0.6 is 0 Å². The molecule has 0 radical (unpaired) electrons. The number of halogens is 2. The van der Waals surface area contributed by atoms with Crippen molar-refractivity contribution in [2.45, 2.75) is 13.3 Å². The number of H-pyrrole nitrogens is 1. The van der Waals surface area contributed by atoms with Crippen LogP contribution in [-0.4, -0.2) is 30.3 Å². The van der Waals surface area contributed by atoms with Crippen LogP contribution in [0.4, 0.5) is 14.5 Å². The Bertz CT molecular complexity index is 998. The van der Waals surface area contributed by atoms with E-state index < -0.39 is 17.5 Å². The number of aryl methyl sites for hydroxylation is 1. The highest BCUT2D eigenvalue weighted by Crippen LogP contribution is 2.37. The molecule has 0 bridgehead atoms. The van der Waals surface area contributed by atoms with Crippen LogP contribution in [0.2, 0.25) is 0 Å². The molecule has 2 aromatic carbocycles. The molecule has 0 saturated heterocycles. The second kappa shape index (κ2) is 8.08. The molecule has 6 nitrogen and oxygen atoms in total. The maximum atomic E-state index is 13.5. The molecule has 1 amide bonds. The molecule has 3 aromatic rings. The number of rotatable bonds is 6. The smallest absolute Gasteiger partial charge is 0.255 e. The average molecular weight is 387 g/mol. The Morgan fingerprint density at radius 3 is 2.43 bits per heavy atom. The van der Waals surface area contributed by atoms with Gasteiger partial charge in [0.2, 0.25) is 0 Å². The van der Waals surface area contributed by atoms with E-state index in [4.69, 9.17) is 9.47 Å². The van der Waals surface area contributed by atoms with Gasteiger partial charge in [-0.05, 0) is 30.7 Å². The van der Waals surface area contributed by atoms with Gasteiger partial charge in [0.25, 0.3) is 5.91 Å². The lowest BCUT2D eigenvalue weighted by atomic mass is 10.1. The lowest BCUT2D eigenvalue weighted by Gasteiger charge is -2.12. The van der Waals surface area contributed by atoms with E-state index in [0.29, 0.717) is 46.6 Å². The van der Waals surface area contributed by atoms with Crippen LogP contribution in [0.25, 0.3) is 11.3 Å². The molecule has 0 atom stereocenters. The molecule has 0 unspecified atom stereocenters. The Balaban J connectivity index is 2.03. The minimum atomic E-state index is -0.829. The van der Waals surface area contributed by atoms with Gasteiger partial charge in [0, 0.05) is 23.3 Å². The molecular formula is C20H19F2N3O3. The Morgan fingerprint density at radius 1 is 1.11 bits per heavy atom. The predicted molar refractivity (Wildman–Crippen MR) is 101 cm³/mol.